The van der Waals surface area contributed by atoms with E-state index in [9.17, 15) is 9.59 Å². The quantitative estimate of drug-likeness (QED) is 0.829. The van der Waals surface area contributed by atoms with Crippen LogP contribution in [0.15, 0.2) is 42.5 Å². The van der Waals surface area contributed by atoms with Gasteiger partial charge in [0.1, 0.15) is 0 Å². The monoisotopic (exact) mass is 391 g/mol. The van der Waals surface area contributed by atoms with Crippen LogP contribution in [0.1, 0.15) is 15.9 Å². The molecule has 5 nitrogen and oxygen atoms in total. The largest absolute Gasteiger partial charge is 0.335 e. The van der Waals surface area contributed by atoms with Crippen LogP contribution >= 0.6 is 23.2 Å². The van der Waals surface area contributed by atoms with Crippen molar-refractivity contribution >= 4 is 40.8 Å². The van der Waals surface area contributed by atoms with Crippen LogP contribution in [-0.4, -0.2) is 47.9 Å². The maximum absolute atomic E-state index is 12.5. The van der Waals surface area contributed by atoms with Gasteiger partial charge in [0.15, 0.2) is 0 Å². The zero-order chi connectivity index (χ0) is 18.7. The van der Waals surface area contributed by atoms with Crippen molar-refractivity contribution in [2.45, 2.75) is 6.92 Å². The third-order valence-electron chi connectivity index (χ3n) is 4.37. The topological polar surface area (TPSA) is 52.7 Å². The van der Waals surface area contributed by atoms with Crippen LogP contribution in [0.4, 0.5) is 10.5 Å². The molecule has 1 aliphatic heterocycles. The van der Waals surface area contributed by atoms with Crippen molar-refractivity contribution in [3.8, 4) is 0 Å². The molecule has 1 aliphatic rings. The molecule has 2 aromatic carbocycles. The van der Waals surface area contributed by atoms with Gasteiger partial charge in [-0.2, -0.15) is 0 Å². The molecule has 0 aliphatic carbocycles. The first-order valence-electron chi connectivity index (χ1n) is 8.31. The number of amides is 3. The molecular weight excluding hydrogens is 373 g/mol. The number of halogens is 2. The van der Waals surface area contributed by atoms with Crippen molar-refractivity contribution in [1.29, 1.82) is 0 Å². The molecule has 136 valence electrons. The number of benzene rings is 2. The van der Waals surface area contributed by atoms with Gasteiger partial charge in [-0.05, 0) is 48.9 Å². The number of hydrogen-bond donors (Lipinski definition) is 1. The van der Waals surface area contributed by atoms with E-state index in [2.05, 4.69) is 5.32 Å². The Balaban J connectivity index is 1.55. The molecule has 0 saturated carbocycles. The second kappa shape index (κ2) is 7.98. The zero-order valence-corrected chi connectivity index (χ0v) is 15.8. The fourth-order valence-electron chi connectivity index (χ4n) is 2.76. The number of carbonyl (C=O) groups excluding carboxylic acids is 2. The molecule has 0 atom stereocenters. The van der Waals surface area contributed by atoms with E-state index < -0.39 is 0 Å². The number of hydrogen-bond acceptors (Lipinski definition) is 2. The normalized spacial score (nSPS) is 14.3. The van der Waals surface area contributed by atoms with Gasteiger partial charge in [0.25, 0.3) is 5.91 Å². The predicted octanol–water partition coefficient (Wildman–Crippen LogP) is 4.29. The summed E-state index contributed by atoms with van der Waals surface area (Å²) in [6.45, 7) is 3.84. The van der Waals surface area contributed by atoms with Gasteiger partial charge >= 0.3 is 6.03 Å². The van der Waals surface area contributed by atoms with E-state index in [0.717, 1.165) is 5.56 Å². The van der Waals surface area contributed by atoms with E-state index in [1.165, 1.54) is 0 Å². The minimum atomic E-state index is -0.191. The Hall–Kier alpha value is -2.24. The summed E-state index contributed by atoms with van der Waals surface area (Å²) in [7, 11) is 0. The van der Waals surface area contributed by atoms with Gasteiger partial charge < -0.3 is 15.1 Å². The van der Waals surface area contributed by atoms with Crippen molar-refractivity contribution in [1.82, 2.24) is 9.80 Å². The Labute approximate surface area is 162 Å². The summed E-state index contributed by atoms with van der Waals surface area (Å²) in [5, 5.41) is 4.05. The summed E-state index contributed by atoms with van der Waals surface area (Å²) >= 11 is 11.9. The number of aryl methyl sites for hydroxylation is 1. The number of anilines is 1. The van der Waals surface area contributed by atoms with Gasteiger partial charge in [0.05, 0.1) is 0 Å². The molecule has 3 rings (SSSR count). The molecular formula is C19H19Cl2N3O2. The average Bonchev–Trinajstić information content (AvgIpc) is 2.65. The number of carbonyl (C=O) groups is 2. The van der Waals surface area contributed by atoms with Crippen LogP contribution in [-0.2, 0) is 0 Å². The SMILES string of the molecule is Cc1ccc(NC(=O)N2CCN(C(=O)c3ccc(Cl)cc3)CC2)cc1Cl. The molecule has 26 heavy (non-hydrogen) atoms. The fraction of sp³-hybridized carbons (Fsp3) is 0.263. The second-order valence-electron chi connectivity index (χ2n) is 6.18. The lowest BCUT2D eigenvalue weighted by molar-refractivity contribution is 0.0671. The van der Waals surface area contributed by atoms with E-state index in [4.69, 9.17) is 23.2 Å². The molecule has 0 radical (unpaired) electrons. The Morgan fingerprint density at radius 1 is 0.923 bits per heavy atom. The zero-order valence-electron chi connectivity index (χ0n) is 14.3. The van der Waals surface area contributed by atoms with Crippen molar-refractivity contribution in [2.75, 3.05) is 31.5 Å². The summed E-state index contributed by atoms with van der Waals surface area (Å²) in [6.07, 6.45) is 0. The smallest absolute Gasteiger partial charge is 0.321 e. The molecule has 0 spiro atoms. The Morgan fingerprint density at radius 2 is 1.54 bits per heavy atom. The maximum Gasteiger partial charge on any atom is 0.321 e. The van der Waals surface area contributed by atoms with Crippen LogP contribution < -0.4 is 5.32 Å². The Bertz CT molecular complexity index is 816. The summed E-state index contributed by atoms with van der Waals surface area (Å²) < 4.78 is 0. The van der Waals surface area contributed by atoms with Crippen molar-refractivity contribution in [2.24, 2.45) is 0 Å². The fourth-order valence-corrected chi connectivity index (χ4v) is 3.07. The molecule has 7 heteroatoms. The van der Waals surface area contributed by atoms with Crippen LogP contribution in [0, 0.1) is 6.92 Å². The molecule has 1 heterocycles. The molecule has 2 aromatic rings. The first kappa shape index (κ1) is 18.5. The van der Waals surface area contributed by atoms with Crippen molar-refractivity contribution in [3.63, 3.8) is 0 Å². The lowest BCUT2D eigenvalue weighted by Crippen LogP contribution is -2.51. The predicted molar refractivity (Wildman–Crippen MR) is 104 cm³/mol. The lowest BCUT2D eigenvalue weighted by atomic mass is 10.2. The van der Waals surface area contributed by atoms with Crippen LogP contribution in [0.2, 0.25) is 10.0 Å². The molecule has 0 bridgehead atoms. The van der Waals surface area contributed by atoms with Gasteiger partial charge in [-0.1, -0.05) is 29.3 Å². The van der Waals surface area contributed by atoms with E-state index >= 15 is 0 Å². The summed E-state index contributed by atoms with van der Waals surface area (Å²) in [5.41, 5.74) is 2.21. The molecule has 1 saturated heterocycles. The van der Waals surface area contributed by atoms with E-state index in [1.807, 2.05) is 19.1 Å². The summed E-state index contributed by atoms with van der Waals surface area (Å²) in [4.78, 5) is 28.3. The number of nitrogens with one attached hydrogen (secondary N) is 1. The maximum atomic E-state index is 12.5. The summed E-state index contributed by atoms with van der Waals surface area (Å²) in [6, 6.07) is 12.0. The average molecular weight is 392 g/mol. The Kier molecular flexibility index (Phi) is 5.69. The number of rotatable bonds is 2. The van der Waals surface area contributed by atoms with E-state index in [-0.39, 0.29) is 11.9 Å². The lowest BCUT2D eigenvalue weighted by Gasteiger charge is -2.34. The third kappa shape index (κ3) is 4.29. The van der Waals surface area contributed by atoms with Gasteiger partial charge in [-0.25, -0.2) is 4.79 Å². The van der Waals surface area contributed by atoms with E-state index in [1.54, 1.807) is 40.1 Å². The minimum absolute atomic E-state index is 0.0490. The minimum Gasteiger partial charge on any atom is -0.335 e. The van der Waals surface area contributed by atoms with Gasteiger partial charge in [-0.15, -0.1) is 0 Å². The van der Waals surface area contributed by atoms with Crippen LogP contribution in [0.25, 0.3) is 0 Å². The molecule has 1 N–H and O–H groups in total. The Morgan fingerprint density at radius 3 is 2.15 bits per heavy atom. The number of nitrogens with zero attached hydrogens (tertiary/aromatic N) is 2. The first-order valence-corrected chi connectivity index (χ1v) is 9.06. The van der Waals surface area contributed by atoms with Crippen molar-refractivity contribution < 1.29 is 9.59 Å². The molecule has 0 unspecified atom stereocenters. The highest BCUT2D eigenvalue weighted by Gasteiger charge is 2.25. The van der Waals surface area contributed by atoms with Crippen LogP contribution in [0.3, 0.4) is 0 Å². The highest BCUT2D eigenvalue weighted by molar-refractivity contribution is 6.31. The molecule has 0 aromatic heterocycles. The number of urea groups is 1. The summed E-state index contributed by atoms with van der Waals surface area (Å²) in [5.74, 6) is -0.0490. The third-order valence-corrected chi connectivity index (χ3v) is 5.03. The van der Waals surface area contributed by atoms with Crippen molar-refractivity contribution in [3.05, 3.63) is 63.6 Å². The van der Waals surface area contributed by atoms with E-state index in [0.29, 0.717) is 47.5 Å². The molecule has 3 amide bonds. The first-order chi connectivity index (χ1) is 12.4. The van der Waals surface area contributed by atoms with Gasteiger partial charge in [-0.3, -0.25) is 4.79 Å². The second-order valence-corrected chi connectivity index (χ2v) is 7.02. The standard InChI is InChI=1S/C19H19Cl2N3O2/c1-13-2-7-16(12-17(13)21)22-19(26)24-10-8-23(9-11-24)18(25)14-3-5-15(20)6-4-14/h2-7,12H,8-11H2,1H3,(H,22,26). The highest BCUT2D eigenvalue weighted by Crippen LogP contribution is 2.20. The highest BCUT2D eigenvalue weighted by atomic mass is 35.5. The van der Waals surface area contributed by atoms with Gasteiger partial charge in [0.2, 0.25) is 0 Å². The number of piperazine rings is 1. The van der Waals surface area contributed by atoms with Crippen LogP contribution in [0.5, 0.6) is 0 Å². The molecule has 1 fully saturated rings. The van der Waals surface area contributed by atoms with Gasteiger partial charge in [0, 0.05) is 47.5 Å².